The number of hydrogen-bond acceptors (Lipinski definition) is 6. The van der Waals surface area contributed by atoms with E-state index < -0.39 is 4.92 Å². The zero-order chi connectivity index (χ0) is 17.8. The summed E-state index contributed by atoms with van der Waals surface area (Å²) in [5.41, 5.74) is 1.24. The van der Waals surface area contributed by atoms with Crippen LogP contribution in [0.2, 0.25) is 0 Å². The second-order valence-corrected chi connectivity index (χ2v) is 6.03. The first-order chi connectivity index (χ1) is 12.1. The SMILES string of the molecule is Cc1cc(N2CCC(Oc3cccc(C#N)c3)CC2)ncc1[N+](=O)[O-]. The van der Waals surface area contributed by atoms with Crippen molar-refractivity contribution in [3.63, 3.8) is 0 Å². The quantitative estimate of drug-likeness (QED) is 0.628. The van der Waals surface area contributed by atoms with Crippen LogP contribution in [0.5, 0.6) is 5.75 Å². The molecule has 2 heterocycles. The summed E-state index contributed by atoms with van der Waals surface area (Å²) in [6.07, 6.45) is 3.06. The van der Waals surface area contributed by atoms with Crippen molar-refractivity contribution < 1.29 is 9.66 Å². The number of hydrogen-bond donors (Lipinski definition) is 0. The third-order valence-corrected chi connectivity index (χ3v) is 4.30. The summed E-state index contributed by atoms with van der Waals surface area (Å²) >= 11 is 0. The van der Waals surface area contributed by atoms with Crippen molar-refractivity contribution in [1.29, 1.82) is 5.26 Å². The topological polar surface area (TPSA) is 92.3 Å². The first-order valence-corrected chi connectivity index (χ1v) is 8.09. The summed E-state index contributed by atoms with van der Waals surface area (Å²) in [6, 6.07) is 11.0. The number of nitro groups is 1. The summed E-state index contributed by atoms with van der Waals surface area (Å²) in [4.78, 5) is 16.8. The summed E-state index contributed by atoms with van der Waals surface area (Å²) < 4.78 is 5.97. The Bertz CT molecular complexity index is 823. The third-order valence-electron chi connectivity index (χ3n) is 4.30. The Labute approximate surface area is 145 Å². The minimum Gasteiger partial charge on any atom is -0.490 e. The van der Waals surface area contributed by atoms with E-state index in [1.807, 2.05) is 12.1 Å². The molecule has 0 amide bonds. The van der Waals surface area contributed by atoms with Crippen molar-refractivity contribution in [3.05, 3.63) is 57.8 Å². The van der Waals surface area contributed by atoms with Crippen molar-refractivity contribution in [2.24, 2.45) is 0 Å². The number of aromatic nitrogens is 1. The van der Waals surface area contributed by atoms with E-state index in [2.05, 4.69) is 16.0 Å². The minimum absolute atomic E-state index is 0.0411. The molecule has 0 spiro atoms. The molecule has 0 atom stereocenters. The Kier molecular flexibility index (Phi) is 4.80. The van der Waals surface area contributed by atoms with Gasteiger partial charge in [0.05, 0.1) is 16.6 Å². The molecule has 1 aliphatic heterocycles. The number of aryl methyl sites for hydroxylation is 1. The van der Waals surface area contributed by atoms with Crippen LogP contribution in [0.3, 0.4) is 0 Å². The van der Waals surface area contributed by atoms with E-state index in [0.29, 0.717) is 16.9 Å². The van der Waals surface area contributed by atoms with Crippen molar-refractivity contribution in [2.75, 3.05) is 18.0 Å². The van der Waals surface area contributed by atoms with E-state index in [1.54, 1.807) is 25.1 Å². The van der Waals surface area contributed by atoms with E-state index in [4.69, 9.17) is 10.00 Å². The average molecular weight is 338 g/mol. The molecule has 128 valence electrons. The largest absolute Gasteiger partial charge is 0.490 e. The first kappa shape index (κ1) is 16.7. The van der Waals surface area contributed by atoms with Gasteiger partial charge in [-0.25, -0.2) is 4.98 Å². The van der Waals surface area contributed by atoms with Crippen LogP contribution < -0.4 is 9.64 Å². The number of nitrogens with zero attached hydrogens (tertiary/aromatic N) is 4. The fraction of sp³-hybridized carbons (Fsp3) is 0.333. The molecule has 2 aromatic rings. The number of pyridine rings is 1. The number of nitriles is 1. The standard InChI is InChI=1S/C18H18N4O3/c1-13-9-18(20-12-17(13)22(23)24)21-7-5-15(6-8-21)25-16-4-2-3-14(10-16)11-19/h2-4,9-10,12,15H,5-8H2,1H3. The molecule has 25 heavy (non-hydrogen) atoms. The molecule has 0 unspecified atom stereocenters. The normalized spacial score (nSPS) is 14.8. The van der Waals surface area contributed by atoms with Gasteiger partial charge in [0, 0.05) is 31.5 Å². The van der Waals surface area contributed by atoms with Gasteiger partial charge in [0.1, 0.15) is 23.9 Å². The van der Waals surface area contributed by atoms with Gasteiger partial charge in [-0.1, -0.05) is 6.07 Å². The van der Waals surface area contributed by atoms with Gasteiger partial charge in [0.2, 0.25) is 0 Å². The van der Waals surface area contributed by atoms with Crippen LogP contribution >= 0.6 is 0 Å². The molecule has 0 saturated carbocycles. The van der Waals surface area contributed by atoms with Crippen molar-refractivity contribution in [3.8, 4) is 11.8 Å². The van der Waals surface area contributed by atoms with Crippen LogP contribution in [0.4, 0.5) is 11.5 Å². The van der Waals surface area contributed by atoms with Gasteiger partial charge < -0.3 is 9.64 Å². The molecule has 0 aliphatic carbocycles. The fourth-order valence-electron chi connectivity index (χ4n) is 2.93. The van der Waals surface area contributed by atoms with Crippen molar-refractivity contribution in [1.82, 2.24) is 4.98 Å². The second kappa shape index (κ2) is 7.18. The number of anilines is 1. The molecule has 1 saturated heterocycles. The van der Waals surface area contributed by atoms with E-state index in [-0.39, 0.29) is 11.8 Å². The molecule has 7 heteroatoms. The van der Waals surface area contributed by atoms with Crippen molar-refractivity contribution >= 4 is 11.5 Å². The third kappa shape index (κ3) is 3.86. The molecular weight excluding hydrogens is 320 g/mol. The zero-order valence-corrected chi connectivity index (χ0v) is 13.9. The minimum atomic E-state index is -0.415. The van der Waals surface area contributed by atoms with Gasteiger partial charge in [0.25, 0.3) is 5.69 Å². The first-order valence-electron chi connectivity index (χ1n) is 8.09. The molecule has 1 aromatic heterocycles. The van der Waals surface area contributed by atoms with Crippen LogP contribution in [0.1, 0.15) is 24.0 Å². The highest BCUT2D eigenvalue weighted by Crippen LogP contribution is 2.25. The van der Waals surface area contributed by atoms with Crippen LogP contribution in [-0.4, -0.2) is 29.1 Å². The maximum Gasteiger partial charge on any atom is 0.290 e. The molecule has 1 aliphatic rings. The lowest BCUT2D eigenvalue weighted by molar-refractivity contribution is -0.385. The highest BCUT2D eigenvalue weighted by molar-refractivity contribution is 5.49. The number of rotatable bonds is 4. The summed E-state index contributed by atoms with van der Waals surface area (Å²) in [6.45, 7) is 3.26. The highest BCUT2D eigenvalue weighted by Gasteiger charge is 2.23. The lowest BCUT2D eigenvalue weighted by Crippen LogP contribution is -2.38. The van der Waals surface area contributed by atoms with Crippen LogP contribution in [0.15, 0.2) is 36.5 Å². The molecule has 0 bridgehead atoms. The maximum absolute atomic E-state index is 10.9. The van der Waals surface area contributed by atoms with Gasteiger partial charge in [-0.15, -0.1) is 0 Å². The number of ether oxygens (including phenoxy) is 1. The zero-order valence-electron chi connectivity index (χ0n) is 13.9. The smallest absolute Gasteiger partial charge is 0.290 e. The van der Waals surface area contributed by atoms with E-state index in [9.17, 15) is 10.1 Å². The molecule has 7 nitrogen and oxygen atoms in total. The Balaban J connectivity index is 1.61. The van der Waals surface area contributed by atoms with E-state index in [1.165, 1.54) is 6.20 Å². The average Bonchev–Trinajstić information content (AvgIpc) is 2.62. The number of benzene rings is 1. The summed E-state index contributed by atoms with van der Waals surface area (Å²) in [5.74, 6) is 1.47. The Morgan fingerprint density at radius 3 is 2.76 bits per heavy atom. The predicted molar refractivity (Wildman–Crippen MR) is 92.6 cm³/mol. The van der Waals surface area contributed by atoms with Crippen LogP contribution in [-0.2, 0) is 0 Å². The van der Waals surface area contributed by atoms with Gasteiger partial charge in [0.15, 0.2) is 0 Å². The molecule has 1 fully saturated rings. The number of piperidine rings is 1. The molecule has 1 aromatic carbocycles. The fourth-order valence-corrected chi connectivity index (χ4v) is 2.93. The maximum atomic E-state index is 10.9. The van der Waals surface area contributed by atoms with Crippen LogP contribution in [0.25, 0.3) is 0 Å². The molecular formula is C18H18N4O3. The second-order valence-electron chi connectivity index (χ2n) is 6.03. The Morgan fingerprint density at radius 1 is 1.36 bits per heavy atom. The Hall–Kier alpha value is -3.14. The predicted octanol–water partition coefficient (Wildman–Crippen LogP) is 3.22. The molecule has 0 radical (unpaired) electrons. The van der Waals surface area contributed by atoms with Crippen LogP contribution in [0, 0.1) is 28.4 Å². The van der Waals surface area contributed by atoms with Gasteiger partial charge >= 0.3 is 0 Å². The van der Waals surface area contributed by atoms with E-state index in [0.717, 1.165) is 31.7 Å². The van der Waals surface area contributed by atoms with Gasteiger partial charge in [-0.3, -0.25) is 10.1 Å². The molecule has 0 N–H and O–H groups in total. The van der Waals surface area contributed by atoms with Gasteiger partial charge in [-0.05, 0) is 31.2 Å². The monoisotopic (exact) mass is 338 g/mol. The summed E-state index contributed by atoms with van der Waals surface area (Å²) in [7, 11) is 0. The lowest BCUT2D eigenvalue weighted by Gasteiger charge is -2.33. The summed E-state index contributed by atoms with van der Waals surface area (Å²) in [5, 5.41) is 19.8. The van der Waals surface area contributed by atoms with E-state index >= 15 is 0 Å². The Morgan fingerprint density at radius 2 is 2.12 bits per heavy atom. The molecule has 3 rings (SSSR count). The van der Waals surface area contributed by atoms with Crippen molar-refractivity contribution in [2.45, 2.75) is 25.9 Å². The lowest BCUT2D eigenvalue weighted by atomic mass is 10.1. The highest BCUT2D eigenvalue weighted by atomic mass is 16.6. The van der Waals surface area contributed by atoms with Gasteiger partial charge in [-0.2, -0.15) is 5.26 Å².